The SMILES string of the molecule is Cc1ccc(/C=C/c2cc(=O)[nH]c(C(C)C)n2)cc1. The fraction of sp³-hybridized carbons (Fsp3) is 0.250. The molecular weight excluding hydrogens is 236 g/mol. The van der Waals surface area contributed by atoms with Gasteiger partial charge in [-0.05, 0) is 18.6 Å². The Balaban J connectivity index is 2.28. The molecule has 3 heteroatoms. The first-order chi connectivity index (χ1) is 9.04. The topological polar surface area (TPSA) is 45.8 Å². The molecule has 0 aliphatic carbocycles. The Morgan fingerprint density at radius 1 is 1.16 bits per heavy atom. The van der Waals surface area contributed by atoms with E-state index in [9.17, 15) is 4.79 Å². The number of H-pyrrole nitrogens is 1. The number of aromatic amines is 1. The Hall–Kier alpha value is -2.16. The van der Waals surface area contributed by atoms with Crippen molar-refractivity contribution in [3.63, 3.8) is 0 Å². The van der Waals surface area contributed by atoms with Crippen LogP contribution in [0.15, 0.2) is 35.1 Å². The standard InChI is InChI=1S/C16H18N2O/c1-11(2)16-17-14(10-15(19)18-16)9-8-13-6-4-12(3)5-7-13/h4-11H,1-3H3,(H,17,18,19)/b9-8+. The molecule has 2 aromatic rings. The van der Waals surface area contributed by atoms with Gasteiger partial charge in [-0.25, -0.2) is 4.98 Å². The highest BCUT2D eigenvalue weighted by atomic mass is 16.1. The van der Waals surface area contributed by atoms with Crippen LogP contribution in [0, 0.1) is 6.92 Å². The molecule has 98 valence electrons. The first kappa shape index (κ1) is 13.3. The maximum Gasteiger partial charge on any atom is 0.251 e. The molecule has 1 heterocycles. The molecule has 3 nitrogen and oxygen atoms in total. The fourth-order valence-corrected chi connectivity index (χ4v) is 1.71. The van der Waals surface area contributed by atoms with Gasteiger partial charge in [0.25, 0.3) is 5.56 Å². The number of rotatable bonds is 3. The van der Waals surface area contributed by atoms with Crippen LogP contribution in [-0.2, 0) is 0 Å². The highest BCUT2D eigenvalue weighted by Crippen LogP contribution is 2.10. The van der Waals surface area contributed by atoms with E-state index in [1.165, 1.54) is 11.6 Å². The van der Waals surface area contributed by atoms with Crippen molar-refractivity contribution in [3.8, 4) is 0 Å². The zero-order chi connectivity index (χ0) is 13.8. The second-order valence-electron chi connectivity index (χ2n) is 4.95. The van der Waals surface area contributed by atoms with Gasteiger partial charge in [-0.15, -0.1) is 0 Å². The van der Waals surface area contributed by atoms with Crippen LogP contribution in [0.25, 0.3) is 12.2 Å². The van der Waals surface area contributed by atoms with Gasteiger partial charge in [0, 0.05) is 12.0 Å². The highest BCUT2D eigenvalue weighted by Gasteiger charge is 2.03. The van der Waals surface area contributed by atoms with Crippen molar-refractivity contribution < 1.29 is 0 Å². The summed E-state index contributed by atoms with van der Waals surface area (Å²) in [5, 5.41) is 0. The Morgan fingerprint density at radius 3 is 2.47 bits per heavy atom. The van der Waals surface area contributed by atoms with Crippen molar-refractivity contribution in [1.29, 1.82) is 0 Å². The third kappa shape index (κ3) is 3.65. The molecule has 0 unspecified atom stereocenters. The molecule has 1 aromatic heterocycles. The summed E-state index contributed by atoms with van der Waals surface area (Å²) in [6, 6.07) is 9.72. The summed E-state index contributed by atoms with van der Waals surface area (Å²) in [6.07, 6.45) is 3.83. The summed E-state index contributed by atoms with van der Waals surface area (Å²) in [6.45, 7) is 6.07. The highest BCUT2D eigenvalue weighted by molar-refractivity contribution is 5.67. The van der Waals surface area contributed by atoms with Crippen molar-refractivity contribution in [2.24, 2.45) is 0 Å². The van der Waals surface area contributed by atoms with E-state index in [2.05, 4.69) is 29.0 Å². The lowest BCUT2D eigenvalue weighted by Gasteiger charge is -2.04. The van der Waals surface area contributed by atoms with Crippen LogP contribution in [0.2, 0.25) is 0 Å². The summed E-state index contributed by atoms with van der Waals surface area (Å²) in [4.78, 5) is 18.7. The maximum atomic E-state index is 11.5. The molecule has 19 heavy (non-hydrogen) atoms. The molecule has 0 aliphatic heterocycles. The predicted molar refractivity (Wildman–Crippen MR) is 79.1 cm³/mol. The van der Waals surface area contributed by atoms with Gasteiger partial charge in [0.1, 0.15) is 5.82 Å². The Labute approximate surface area is 113 Å². The first-order valence-electron chi connectivity index (χ1n) is 6.40. The van der Waals surface area contributed by atoms with Crippen molar-refractivity contribution in [2.45, 2.75) is 26.7 Å². The molecule has 0 atom stereocenters. The molecule has 2 rings (SSSR count). The monoisotopic (exact) mass is 254 g/mol. The zero-order valence-electron chi connectivity index (χ0n) is 11.5. The van der Waals surface area contributed by atoms with E-state index in [1.807, 2.05) is 38.1 Å². The van der Waals surface area contributed by atoms with E-state index in [4.69, 9.17) is 0 Å². The average molecular weight is 254 g/mol. The average Bonchev–Trinajstić information content (AvgIpc) is 2.37. The number of aromatic nitrogens is 2. The Bertz CT molecular complexity index is 637. The molecule has 0 fully saturated rings. The molecule has 0 saturated carbocycles. The largest absolute Gasteiger partial charge is 0.310 e. The number of hydrogen-bond donors (Lipinski definition) is 1. The number of nitrogens with one attached hydrogen (secondary N) is 1. The van der Waals surface area contributed by atoms with Crippen molar-refractivity contribution in [3.05, 3.63) is 63.3 Å². The molecule has 0 saturated heterocycles. The molecule has 0 aliphatic rings. The zero-order valence-corrected chi connectivity index (χ0v) is 11.5. The van der Waals surface area contributed by atoms with E-state index < -0.39 is 0 Å². The van der Waals surface area contributed by atoms with E-state index in [0.717, 1.165) is 11.4 Å². The van der Waals surface area contributed by atoms with Crippen LogP contribution in [0.3, 0.4) is 0 Å². The van der Waals surface area contributed by atoms with E-state index in [1.54, 1.807) is 0 Å². The van der Waals surface area contributed by atoms with Crippen LogP contribution < -0.4 is 5.56 Å². The Morgan fingerprint density at radius 2 is 1.84 bits per heavy atom. The summed E-state index contributed by atoms with van der Waals surface area (Å²) < 4.78 is 0. The van der Waals surface area contributed by atoms with Crippen LogP contribution >= 0.6 is 0 Å². The van der Waals surface area contributed by atoms with Crippen molar-refractivity contribution in [1.82, 2.24) is 9.97 Å². The fourth-order valence-electron chi connectivity index (χ4n) is 1.71. The maximum absolute atomic E-state index is 11.5. The molecule has 0 radical (unpaired) electrons. The minimum Gasteiger partial charge on any atom is -0.310 e. The van der Waals surface area contributed by atoms with E-state index >= 15 is 0 Å². The minimum absolute atomic E-state index is 0.109. The lowest BCUT2D eigenvalue weighted by atomic mass is 10.1. The lowest BCUT2D eigenvalue weighted by Crippen LogP contribution is -2.12. The summed E-state index contributed by atoms with van der Waals surface area (Å²) in [5.41, 5.74) is 2.91. The third-order valence-electron chi connectivity index (χ3n) is 2.85. The first-order valence-corrected chi connectivity index (χ1v) is 6.40. The Kier molecular flexibility index (Phi) is 3.95. The molecule has 1 aromatic carbocycles. The van der Waals surface area contributed by atoms with Crippen LogP contribution in [0.5, 0.6) is 0 Å². The van der Waals surface area contributed by atoms with Gasteiger partial charge in [-0.3, -0.25) is 4.79 Å². The molecular formula is C16H18N2O. The van der Waals surface area contributed by atoms with Crippen LogP contribution in [-0.4, -0.2) is 9.97 Å². The number of benzene rings is 1. The second kappa shape index (κ2) is 5.65. The van der Waals surface area contributed by atoms with E-state index in [-0.39, 0.29) is 11.5 Å². The number of aryl methyl sites for hydroxylation is 1. The molecule has 0 bridgehead atoms. The smallest absolute Gasteiger partial charge is 0.251 e. The van der Waals surface area contributed by atoms with Crippen LogP contribution in [0.4, 0.5) is 0 Å². The number of nitrogens with zero attached hydrogens (tertiary/aromatic N) is 1. The van der Waals surface area contributed by atoms with Gasteiger partial charge in [-0.2, -0.15) is 0 Å². The van der Waals surface area contributed by atoms with Crippen molar-refractivity contribution >= 4 is 12.2 Å². The predicted octanol–water partition coefficient (Wildman–Crippen LogP) is 3.37. The van der Waals surface area contributed by atoms with E-state index in [0.29, 0.717) is 5.69 Å². The number of hydrogen-bond acceptors (Lipinski definition) is 2. The minimum atomic E-state index is -0.109. The quantitative estimate of drug-likeness (QED) is 0.912. The lowest BCUT2D eigenvalue weighted by molar-refractivity contribution is 0.764. The van der Waals surface area contributed by atoms with Gasteiger partial charge < -0.3 is 4.98 Å². The van der Waals surface area contributed by atoms with Gasteiger partial charge >= 0.3 is 0 Å². The van der Waals surface area contributed by atoms with Crippen LogP contribution in [0.1, 0.15) is 42.4 Å². The summed E-state index contributed by atoms with van der Waals surface area (Å²) in [5.74, 6) is 0.927. The normalized spacial score (nSPS) is 11.4. The van der Waals surface area contributed by atoms with Gasteiger partial charge in [0.15, 0.2) is 0 Å². The van der Waals surface area contributed by atoms with Gasteiger partial charge in [0.2, 0.25) is 0 Å². The molecule has 1 N–H and O–H groups in total. The van der Waals surface area contributed by atoms with Gasteiger partial charge in [0.05, 0.1) is 5.69 Å². The summed E-state index contributed by atoms with van der Waals surface area (Å²) in [7, 11) is 0. The molecule has 0 amide bonds. The van der Waals surface area contributed by atoms with Crippen molar-refractivity contribution in [2.75, 3.05) is 0 Å². The van der Waals surface area contributed by atoms with Gasteiger partial charge in [-0.1, -0.05) is 49.8 Å². The third-order valence-corrected chi connectivity index (χ3v) is 2.85. The second-order valence-corrected chi connectivity index (χ2v) is 4.95. The summed E-state index contributed by atoms with van der Waals surface area (Å²) >= 11 is 0. The molecule has 0 spiro atoms.